The van der Waals surface area contributed by atoms with E-state index in [2.05, 4.69) is 60.4 Å². The summed E-state index contributed by atoms with van der Waals surface area (Å²) in [6.07, 6.45) is 5.84. The summed E-state index contributed by atoms with van der Waals surface area (Å²) in [6, 6.07) is 12.6. The quantitative estimate of drug-likeness (QED) is 0.138. The number of aromatic nitrogens is 4. The molecule has 3 fully saturated rings. The number of nitrogens with one attached hydrogen (secondary N) is 3. The molecule has 2 aromatic carbocycles. The molecule has 7 rings (SSSR count). The number of hydrogen-bond acceptors (Lipinski definition) is 6. The first kappa shape index (κ1) is 46.2. The van der Waals surface area contributed by atoms with Gasteiger partial charge >= 0.3 is 6.09 Å². The van der Waals surface area contributed by atoms with Crippen molar-refractivity contribution < 1.29 is 19.1 Å². The van der Waals surface area contributed by atoms with Crippen molar-refractivity contribution in [3.8, 4) is 23.1 Å². The topological polar surface area (TPSA) is 141 Å². The van der Waals surface area contributed by atoms with Crippen LogP contribution in [0, 0.1) is 35.7 Å². The summed E-state index contributed by atoms with van der Waals surface area (Å²) in [5.41, 5.74) is 5.52. The van der Waals surface area contributed by atoms with Gasteiger partial charge in [-0.1, -0.05) is 44.7 Å². The van der Waals surface area contributed by atoms with Gasteiger partial charge in [-0.15, -0.1) is 0 Å². The fourth-order valence-electron chi connectivity index (χ4n) is 7.41. The molecule has 1 spiro atoms. The monoisotopic (exact) mass is 836 g/mol. The minimum absolute atomic E-state index is 0. The number of likely N-dealkylation sites (tertiary alicyclic amines) is 2. The molecule has 4 atom stereocenters. The Morgan fingerprint density at radius 3 is 2.32 bits per heavy atom. The van der Waals surface area contributed by atoms with Gasteiger partial charge in [0.1, 0.15) is 11.6 Å². The second kappa shape index (κ2) is 19.3. The third-order valence-corrected chi connectivity index (χ3v) is 11.0. The third-order valence-electron chi connectivity index (χ3n) is 11.0. The van der Waals surface area contributed by atoms with E-state index in [9.17, 15) is 14.4 Å². The van der Waals surface area contributed by atoms with Gasteiger partial charge in [0, 0.05) is 30.1 Å². The lowest BCUT2D eigenvalue weighted by molar-refractivity contribution is -0.137. The van der Waals surface area contributed by atoms with Crippen molar-refractivity contribution in [2.24, 2.45) is 17.3 Å². The Bertz CT molecular complexity index is 2120. The highest BCUT2D eigenvalue weighted by Gasteiger charge is 2.54. The average molecular weight is 837 g/mol. The first-order chi connectivity index (χ1) is 25.1. The number of carbonyl (C=O) groups excluding carboxylic acids is 3. The van der Waals surface area contributed by atoms with Crippen molar-refractivity contribution in [3.05, 3.63) is 82.9 Å². The van der Waals surface area contributed by atoms with Gasteiger partial charge in [0.15, 0.2) is 6.04 Å². The summed E-state index contributed by atoms with van der Waals surface area (Å²) in [4.78, 5) is 62.1. The van der Waals surface area contributed by atoms with Crippen LogP contribution < -0.4 is 5.32 Å². The zero-order valence-corrected chi connectivity index (χ0v) is 36.0. The van der Waals surface area contributed by atoms with Crippen LogP contribution in [0.25, 0.3) is 27.1 Å². The smallest absolute Gasteiger partial charge is 0.407 e. The number of fused-ring (bicyclic) bond motifs is 1. The van der Waals surface area contributed by atoms with Crippen molar-refractivity contribution in [1.82, 2.24) is 35.1 Å². The van der Waals surface area contributed by atoms with Crippen molar-refractivity contribution >= 4 is 82.9 Å². The lowest BCUT2D eigenvalue weighted by atomic mass is 9.96. The van der Waals surface area contributed by atoms with Crippen LogP contribution >= 0.6 is 54.0 Å². The van der Waals surface area contributed by atoms with E-state index in [0.717, 1.165) is 65.0 Å². The van der Waals surface area contributed by atoms with Crippen LogP contribution in [-0.4, -0.2) is 80.4 Å². The summed E-state index contributed by atoms with van der Waals surface area (Å²) in [5.74, 6) is 8.23. The van der Waals surface area contributed by atoms with Crippen LogP contribution in [-0.2, 0) is 14.3 Å². The summed E-state index contributed by atoms with van der Waals surface area (Å²) in [6.45, 7) is 14.6. The van der Waals surface area contributed by atoms with Crippen LogP contribution in [0.5, 0.6) is 0 Å². The lowest BCUT2D eigenvalue weighted by Crippen LogP contribution is -2.49. The fraction of sp³-hybridized carbons (Fsp3) is 0.450. The van der Waals surface area contributed by atoms with Gasteiger partial charge in [-0.2, -0.15) is 54.0 Å². The molecule has 16 heteroatoms. The molecule has 56 heavy (non-hydrogen) atoms. The lowest BCUT2D eigenvalue weighted by Gasteiger charge is -2.28. The van der Waals surface area contributed by atoms with Crippen LogP contribution in [0.2, 0.25) is 0 Å². The standard InChI is InChI=1S/C40H44N8O4.4H2S/c1-24(2)25(3)37(49)48-23-40(16-17-40)20-34(48)36-43-29-15-12-27(19-30(29)44-36)9-8-26-10-13-28(14-11-26)31-22-42-35(45-31)33-7-6-18-47(33)38(50)32(21-41-4)46-39(51)52-5;;;;/h10-15,19,22,24-25,32-34H,6-7,16-18,20-21,23H2,1-3,5H3,(H,42,45)(H,43,44)(H,46,51);4*1H2/t25-,32-,33-,34-;;;;/m0..../s1. The first-order valence-corrected chi connectivity index (χ1v) is 18.0. The van der Waals surface area contributed by atoms with Crippen molar-refractivity contribution in [1.29, 1.82) is 0 Å². The molecule has 2 saturated heterocycles. The molecule has 0 unspecified atom stereocenters. The number of imidazole rings is 2. The van der Waals surface area contributed by atoms with Crippen molar-refractivity contribution in [3.63, 3.8) is 0 Å². The second-order valence-electron chi connectivity index (χ2n) is 14.8. The maximum absolute atomic E-state index is 13.5. The minimum atomic E-state index is -0.986. The Morgan fingerprint density at radius 1 is 0.964 bits per heavy atom. The number of nitrogens with zero attached hydrogens (tertiary/aromatic N) is 5. The summed E-state index contributed by atoms with van der Waals surface area (Å²) in [7, 11) is 1.22. The number of hydrogen-bond donors (Lipinski definition) is 3. The van der Waals surface area contributed by atoms with E-state index in [0.29, 0.717) is 12.4 Å². The van der Waals surface area contributed by atoms with E-state index in [1.54, 1.807) is 11.1 Å². The number of ether oxygens (including phenoxy) is 1. The molecule has 0 radical (unpaired) electrons. The molecule has 4 aromatic rings. The van der Waals surface area contributed by atoms with Gasteiger partial charge in [-0.25, -0.2) is 21.3 Å². The number of aromatic amines is 2. The number of alkyl carbamates (subject to hydrolysis) is 1. The molecule has 3 aliphatic rings. The number of methoxy groups -OCH3 is 1. The molecular weight excluding hydrogens is 785 g/mol. The summed E-state index contributed by atoms with van der Waals surface area (Å²) in [5, 5.41) is 2.48. The molecule has 3 N–H and O–H groups in total. The fourth-order valence-corrected chi connectivity index (χ4v) is 7.41. The Balaban J connectivity index is 0.00000210. The number of carbonyl (C=O) groups is 3. The molecule has 3 amide bonds. The number of H-pyrrole nitrogens is 2. The van der Waals surface area contributed by atoms with E-state index in [1.165, 1.54) is 20.0 Å². The maximum Gasteiger partial charge on any atom is 0.407 e. The predicted molar refractivity (Wildman–Crippen MR) is 237 cm³/mol. The van der Waals surface area contributed by atoms with Gasteiger partial charge in [-0.3, -0.25) is 9.59 Å². The number of rotatable bonds is 8. The SMILES string of the molecule is S.S.S.S.[C-]#[N+]C[C@H](NC(=O)OC)C(=O)N1CCC[C@H]1c1ncc(-c2ccc(C#Cc3ccc4nc([C@@H]5CC6(CC6)CN5C(=O)[C@@H](C)C(C)C)[nH]c4c3)cc2)[nH]1. The molecule has 12 nitrogen and oxygen atoms in total. The third kappa shape index (κ3) is 9.65. The van der Waals surface area contributed by atoms with Crippen LogP contribution in [0.15, 0.2) is 48.7 Å². The molecular formula is C40H52N8O4S4. The molecule has 1 saturated carbocycles. The van der Waals surface area contributed by atoms with Gasteiger partial charge < -0.3 is 34.7 Å². The molecule has 0 bridgehead atoms. The highest BCUT2D eigenvalue weighted by atomic mass is 32.1. The zero-order chi connectivity index (χ0) is 36.6. The predicted octanol–water partition coefficient (Wildman–Crippen LogP) is 6.46. The van der Waals surface area contributed by atoms with Crippen molar-refractivity contribution in [2.75, 3.05) is 26.7 Å². The highest BCUT2D eigenvalue weighted by Crippen LogP contribution is 2.58. The molecule has 2 aromatic heterocycles. The second-order valence-corrected chi connectivity index (χ2v) is 14.8. The van der Waals surface area contributed by atoms with E-state index < -0.39 is 12.1 Å². The number of amides is 3. The van der Waals surface area contributed by atoms with E-state index >= 15 is 0 Å². The van der Waals surface area contributed by atoms with Gasteiger partial charge in [0.05, 0.1) is 42.1 Å². The van der Waals surface area contributed by atoms with Crippen molar-refractivity contribution in [2.45, 2.75) is 71.0 Å². The summed E-state index contributed by atoms with van der Waals surface area (Å²) < 4.78 is 4.64. The van der Waals surface area contributed by atoms with Crippen LogP contribution in [0.3, 0.4) is 0 Å². The summed E-state index contributed by atoms with van der Waals surface area (Å²) >= 11 is 0. The number of benzene rings is 2. The van der Waals surface area contributed by atoms with Gasteiger partial charge in [-0.05, 0) is 79.3 Å². The Hall–Kier alpha value is -4.22. The van der Waals surface area contributed by atoms with Crippen LogP contribution in [0.4, 0.5) is 4.79 Å². The zero-order valence-electron chi connectivity index (χ0n) is 32.0. The molecule has 300 valence electrons. The normalized spacial score (nSPS) is 18.6. The van der Waals surface area contributed by atoms with E-state index in [1.807, 2.05) is 49.4 Å². The Kier molecular flexibility index (Phi) is 15.9. The largest absolute Gasteiger partial charge is 0.453 e. The van der Waals surface area contributed by atoms with E-state index in [-0.39, 0.29) is 102 Å². The maximum atomic E-state index is 13.5. The van der Waals surface area contributed by atoms with Gasteiger partial charge in [0.2, 0.25) is 12.5 Å². The average Bonchev–Trinajstić information content (AvgIpc) is 3.64. The molecule has 2 aliphatic heterocycles. The first-order valence-electron chi connectivity index (χ1n) is 18.0. The van der Waals surface area contributed by atoms with Gasteiger partial charge in [0.25, 0.3) is 5.91 Å². The van der Waals surface area contributed by atoms with E-state index in [4.69, 9.17) is 11.6 Å². The molecule has 4 heterocycles. The Labute approximate surface area is 356 Å². The highest BCUT2D eigenvalue weighted by molar-refractivity contribution is 7.59. The molecule has 1 aliphatic carbocycles. The Morgan fingerprint density at radius 2 is 1.66 bits per heavy atom. The minimum Gasteiger partial charge on any atom is -0.453 e. The van der Waals surface area contributed by atoms with Crippen LogP contribution in [0.1, 0.15) is 87.7 Å².